The molecule has 1 rings (SSSR count). The largest absolute Gasteiger partial charge is 0.367 e. The molecule has 1 aromatic heterocycles. The van der Waals surface area contributed by atoms with Gasteiger partial charge in [-0.15, -0.1) is 0 Å². The van der Waals surface area contributed by atoms with E-state index in [-0.39, 0.29) is 0 Å². The Balaban J connectivity index is 2.47. The van der Waals surface area contributed by atoms with Crippen LogP contribution in [0.1, 0.15) is 13.3 Å². The van der Waals surface area contributed by atoms with Gasteiger partial charge in [-0.1, -0.05) is 0 Å². The van der Waals surface area contributed by atoms with Gasteiger partial charge in [0.15, 0.2) is 0 Å². The number of aromatic nitrogens is 1. The van der Waals surface area contributed by atoms with Crippen LogP contribution in [0.25, 0.3) is 0 Å². The van der Waals surface area contributed by atoms with Crippen LogP contribution in [-0.2, 0) is 0 Å². The van der Waals surface area contributed by atoms with Gasteiger partial charge in [0, 0.05) is 12.2 Å². The molecule has 0 radical (unpaired) electrons. The average molecular weight is 275 g/mol. The summed E-state index contributed by atoms with van der Waals surface area (Å²) in [5.41, 5.74) is 0. The van der Waals surface area contributed by atoms with Crippen molar-refractivity contribution in [1.29, 1.82) is 0 Å². The Labute approximate surface area is 98.0 Å². The minimum Gasteiger partial charge on any atom is -0.367 e. The van der Waals surface area contributed by atoms with Crippen LogP contribution in [0.4, 0.5) is 5.82 Å². The van der Waals surface area contributed by atoms with Gasteiger partial charge in [0.25, 0.3) is 0 Å². The van der Waals surface area contributed by atoms with E-state index in [0.29, 0.717) is 6.04 Å². The smallest absolute Gasteiger partial charge is 0.140 e. The van der Waals surface area contributed by atoms with Gasteiger partial charge in [-0.05, 0) is 53.4 Å². The molecule has 0 aliphatic rings. The Hall–Kier alpha value is -0.220. The number of hydrogen-bond acceptors (Lipinski definition) is 3. The van der Waals surface area contributed by atoms with Crippen molar-refractivity contribution in [2.24, 2.45) is 0 Å². The predicted molar refractivity (Wildman–Crippen MR) is 68.0 cm³/mol. The molecule has 0 aliphatic carbocycles. The third-order valence-corrected chi connectivity index (χ3v) is 3.18. The molecule has 0 aromatic carbocycles. The molecule has 1 aromatic rings. The summed E-state index contributed by atoms with van der Waals surface area (Å²) in [7, 11) is 0. The molecule has 1 heterocycles. The second-order valence-corrected chi connectivity index (χ2v) is 5.00. The fourth-order valence-electron chi connectivity index (χ4n) is 1.09. The number of anilines is 1. The second kappa shape index (κ2) is 6.30. The second-order valence-electron chi connectivity index (χ2n) is 3.16. The highest BCUT2D eigenvalue weighted by atomic mass is 79.9. The number of halogens is 1. The van der Waals surface area contributed by atoms with Gasteiger partial charge in [-0.25, -0.2) is 4.98 Å². The van der Waals surface area contributed by atoms with Crippen molar-refractivity contribution in [3.63, 3.8) is 0 Å². The minimum absolute atomic E-state index is 0.466. The lowest BCUT2D eigenvalue weighted by atomic mass is 10.2. The number of rotatable bonds is 5. The van der Waals surface area contributed by atoms with E-state index in [0.717, 1.165) is 16.7 Å². The van der Waals surface area contributed by atoms with Crippen LogP contribution in [0, 0.1) is 0 Å². The SMILES string of the molecule is CSCCC(C)Nc1ncccc1Br. The zero-order valence-electron chi connectivity index (χ0n) is 8.46. The summed E-state index contributed by atoms with van der Waals surface area (Å²) in [5, 5.41) is 3.37. The summed E-state index contributed by atoms with van der Waals surface area (Å²) in [6.45, 7) is 2.18. The minimum atomic E-state index is 0.466. The highest BCUT2D eigenvalue weighted by Gasteiger charge is 2.04. The zero-order chi connectivity index (χ0) is 10.4. The topological polar surface area (TPSA) is 24.9 Å². The highest BCUT2D eigenvalue weighted by Crippen LogP contribution is 2.19. The molecule has 0 saturated heterocycles. The molecule has 1 unspecified atom stereocenters. The normalized spacial score (nSPS) is 12.5. The Kier molecular flexibility index (Phi) is 5.33. The molecule has 1 atom stereocenters. The number of nitrogens with one attached hydrogen (secondary N) is 1. The van der Waals surface area contributed by atoms with E-state index in [2.05, 4.69) is 39.4 Å². The van der Waals surface area contributed by atoms with E-state index >= 15 is 0 Å². The summed E-state index contributed by atoms with van der Waals surface area (Å²) in [4.78, 5) is 4.26. The van der Waals surface area contributed by atoms with Crippen molar-refractivity contribution in [3.05, 3.63) is 22.8 Å². The lowest BCUT2D eigenvalue weighted by Gasteiger charge is -2.14. The van der Waals surface area contributed by atoms with E-state index in [1.807, 2.05) is 23.9 Å². The van der Waals surface area contributed by atoms with E-state index in [1.165, 1.54) is 5.75 Å². The van der Waals surface area contributed by atoms with Crippen molar-refractivity contribution >= 4 is 33.5 Å². The molecule has 0 saturated carbocycles. The van der Waals surface area contributed by atoms with Gasteiger partial charge < -0.3 is 5.32 Å². The molecule has 0 fully saturated rings. The number of thioether (sulfide) groups is 1. The van der Waals surface area contributed by atoms with Gasteiger partial charge >= 0.3 is 0 Å². The van der Waals surface area contributed by atoms with Crippen LogP contribution >= 0.6 is 27.7 Å². The molecule has 0 bridgehead atoms. The van der Waals surface area contributed by atoms with E-state index in [4.69, 9.17) is 0 Å². The summed E-state index contributed by atoms with van der Waals surface area (Å²) < 4.78 is 1.02. The maximum atomic E-state index is 4.26. The summed E-state index contributed by atoms with van der Waals surface area (Å²) in [6, 6.07) is 4.38. The first-order valence-corrected chi connectivity index (χ1v) is 6.78. The molecule has 78 valence electrons. The van der Waals surface area contributed by atoms with Crippen LogP contribution in [0.3, 0.4) is 0 Å². The standard InChI is InChI=1S/C10H15BrN2S/c1-8(5-7-14-2)13-10-9(11)4-3-6-12-10/h3-4,6,8H,5,7H2,1-2H3,(H,12,13). The summed E-state index contributed by atoms with van der Waals surface area (Å²) >= 11 is 5.34. The summed E-state index contributed by atoms with van der Waals surface area (Å²) in [5.74, 6) is 2.11. The molecule has 4 heteroatoms. The molecular weight excluding hydrogens is 260 g/mol. The monoisotopic (exact) mass is 274 g/mol. The van der Waals surface area contributed by atoms with Crippen molar-refractivity contribution < 1.29 is 0 Å². The Morgan fingerprint density at radius 3 is 3.07 bits per heavy atom. The fraction of sp³-hybridized carbons (Fsp3) is 0.500. The third-order valence-electron chi connectivity index (χ3n) is 1.90. The van der Waals surface area contributed by atoms with E-state index < -0.39 is 0 Å². The van der Waals surface area contributed by atoms with E-state index in [9.17, 15) is 0 Å². The number of pyridine rings is 1. The lowest BCUT2D eigenvalue weighted by molar-refractivity contribution is 0.766. The van der Waals surface area contributed by atoms with Crippen molar-refractivity contribution in [1.82, 2.24) is 4.98 Å². The first-order valence-electron chi connectivity index (χ1n) is 4.60. The first kappa shape index (κ1) is 11.9. The van der Waals surface area contributed by atoms with Crippen molar-refractivity contribution in [3.8, 4) is 0 Å². The first-order chi connectivity index (χ1) is 6.74. The van der Waals surface area contributed by atoms with Gasteiger partial charge in [-0.2, -0.15) is 11.8 Å². The Morgan fingerprint density at radius 1 is 1.64 bits per heavy atom. The molecule has 1 N–H and O–H groups in total. The quantitative estimate of drug-likeness (QED) is 0.891. The Bertz CT molecular complexity index is 281. The van der Waals surface area contributed by atoms with Gasteiger partial charge in [0.1, 0.15) is 5.82 Å². The maximum Gasteiger partial charge on any atom is 0.140 e. The highest BCUT2D eigenvalue weighted by molar-refractivity contribution is 9.10. The van der Waals surface area contributed by atoms with Crippen LogP contribution in [0.2, 0.25) is 0 Å². The zero-order valence-corrected chi connectivity index (χ0v) is 10.9. The van der Waals surface area contributed by atoms with Crippen LogP contribution in [0.5, 0.6) is 0 Å². The molecule has 0 aliphatic heterocycles. The average Bonchev–Trinajstić information content (AvgIpc) is 2.18. The maximum absolute atomic E-state index is 4.26. The molecule has 0 spiro atoms. The van der Waals surface area contributed by atoms with Crippen molar-refractivity contribution in [2.75, 3.05) is 17.3 Å². The number of hydrogen-bond donors (Lipinski definition) is 1. The van der Waals surface area contributed by atoms with Crippen LogP contribution in [-0.4, -0.2) is 23.0 Å². The van der Waals surface area contributed by atoms with Crippen LogP contribution in [0.15, 0.2) is 22.8 Å². The van der Waals surface area contributed by atoms with Gasteiger partial charge in [0.05, 0.1) is 4.47 Å². The number of nitrogens with zero attached hydrogens (tertiary/aromatic N) is 1. The third kappa shape index (κ3) is 3.88. The van der Waals surface area contributed by atoms with Gasteiger partial charge in [-0.3, -0.25) is 0 Å². The molecule has 14 heavy (non-hydrogen) atoms. The lowest BCUT2D eigenvalue weighted by Crippen LogP contribution is -2.17. The molecule has 2 nitrogen and oxygen atoms in total. The van der Waals surface area contributed by atoms with Crippen LogP contribution < -0.4 is 5.32 Å². The Morgan fingerprint density at radius 2 is 2.43 bits per heavy atom. The van der Waals surface area contributed by atoms with E-state index in [1.54, 1.807) is 6.20 Å². The molecule has 0 amide bonds. The predicted octanol–water partition coefficient (Wildman–Crippen LogP) is 3.40. The van der Waals surface area contributed by atoms with Crippen molar-refractivity contribution in [2.45, 2.75) is 19.4 Å². The fourth-order valence-corrected chi connectivity index (χ4v) is 2.05. The molecular formula is C10H15BrN2S. The summed E-state index contributed by atoms with van der Waals surface area (Å²) in [6.07, 6.45) is 5.09. The van der Waals surface area contributed by atoms with Gasteiger partial charge in [0.2, 0.25) is 0 Å².